The molecule has 1 saturated carbocycles. The van der Waals surface area contributed by atoms with E-state index in [1.165, 1.54) is 7.11 Å². The summed E-state index contributed by atoms with van der Waals surface area (Å²) in [6, 6.07) is 5.94. The number of hydrogen-bond donors (Lipinski definition) is 0. The standard InChI is InChI=1S/C19H27NO5/c1-13(19(22)25-4)12-20(15-7-8-15)18(21)10-6-14-5-9-16(23-2)17(11-14)24-3/h5,9,11,13,15H,6-8,10,12H2,1-4H3. The van der Waals surface area contributed by atoms with E-state index in [4.69, 9.17) is 14.2 Å². The van der Waals surface area contributed by atoms with Crippen molar-refractivity contribution in [2.75, 3.05) is 27.9 Å². The molecule has 1 aliphatic carbocycles. The summed E-state index contributed by atoms with van der Waals surface area (Å²) in [7, 11) is 4.56. The van der Waals surface area contributed by atoms with Crippen LogP contribution < -0.4 is 9.47 Å². The third-order valence-corrected chi connectivity index (χ3v) is 4.46. The highest BCUT2D eigenvalue weighted by molar-refractivity contribution is 5.78. The zero-order chi connectivity index (χ0) is 18.4. The molecule has 0 N–H and O–H groups in total. The maximum Gasteiger partial charge on any atom is 0.310 e. The summed E-state index contributed by atoms with van der Waals surface area (Å²) in [5.41, 5.74) is 1.02. The Labute approximate surface area is 149 Å². The van der Waals surface area contributed by atoms with Crippen LogP contribution in [0.3, 0.4) is 0 Å². The van der Waals surface area contributed by atoms with Gasteiger partial charge in [0.15, 0.2) is 11.5 Å². The molecule has 0 aromatic heterocycles. The summed E-state index contributed by atoms with van der Waals surface area (Å²) in [5.74, 6) is 0.817. The third kappa shape index (κ3) is 5.11. The Morgan fingerprint density at radius 3 is 2.40 bits per heavy atom. The lowest BCUT2D eigenvalue weighted by atomic mass is 10.1. The van der Waals surface area contributed by atoms with Gasteiger partial charge in [0.05, 0.1) is 27.2 Å². The highest BCUT2D eigenvalue weighted by Crippen LogP contribution is 2.30. The fourth-order valence-corrected chi connectivity index (χ4v) is 2.84. The van der Waals surface area contributed by atoms with Gasteiger partial charge in [0.2, 0.25) is 5.91 Å². The van der Waals surface area contributed by atoms with Crippen LogP contribution in [-0.2, 0) is 20.7 Å². The first-order valence-electron chi connectivity index (χ1n) is 8.58. The van der Waals surface area contributed by atoms with Crippen LogP contribution in [0.2, 0.25) is 0 Å². The molecule has 0 saturated heterocycles. The van der Waals surface area contributed by atoms with Crippen molar-refractivity contribution < 1.29 is 23.8 Å². The zero-order valence-corrected chi connectivity index (χ0v) is 15.4. The third-order valence-electron chi connectivity index (χ3n) is 4.46. The second-order valence-corrected chi connectivity index (χ2v) is 6.39. The van der Waals surface area contributed by atoms with Crippen LogP contribution in [0.1, 0.15) is 31.7 Å². The van der Waals surface area contributed by atoms with Gasteiger partial charge in [-0.05, 0) is 37.0 Å². The van der Waals surface area contributed by atoms with Gasteiger partial charge in [-0.25, -0.2) is 0 Å². The molecule has 138 valence electrons. The number of methoxy groups -OCH3 is 3. The van der Waals surface area contributed by atoms with Gasteiger partial charge in [-0.15, -0.1) is 0 Å². The van der Waals surface area contributed by atoms with E-state index in [0.717, 1.165) is 18.4 Å². The van der Waals surface area contributed by atoms with Crippen molar-refractivity contribution in [2.45, 2.75) is 38.6 Å². The van der Waals surface area contributed by atoms with E-state index in [1.807, 2.05) is 23.1 Å². The summed E-state index contributed by atoms with van der Waals surface area (Å²) < 4.78 is 15.3. The van der Waals surface area contributed by atoms with Crippen LogP contribution in [0.15, 0.2) is 18.2 Å². The van der Waals surface area contributed by atoms with E-state index in [-0.39, 0.29) is 23.8 Å². The summed E-state index contributed by atoms with van der Waals surface area (Å²) in [6.45, 7) is 2.21. The van der Waals surface area contributed by atoms with Gasteiger partial charge in [0.1, 0.15) is 0 Å². The largest absolute Gasteiger partial charge is 0.493 e. The van der Waals surface area contributed by atoms with Crippen LogP contribution in [0.25, 0.3) is 0 Å². The van der Waals surface area contributed by atoms with Crippen LogP contribution >= 0.6 is 0 Å². The topological polar surface area (TPSA) is 65.1 Å². The highest BCUT2D eigenvalue weighted by atomic mass is 16.5. The van der Waals surface area contributed by atoms with Crippen molar-refractivity contribution in [3.63, 3.8) is 0 Å². The van der Waals surface area contributed by atoms with E-state index in [0.29, 0.717) is 30.9 Å². The number of hydrogen-bond acceptors (Lipinski definition) is 5. The van der Waals surface area contributed by atoms with Gasteiger partial charge >= 0.3 is 5.97 Å². The predicted octanol–water partition coefficient (Wildman–Crippen LogP) is 2.44. The molecule has 1 amide bonds. The molecule has 0 aliphatic heterocycles. The monoisotopic (exact) mass is 349 g/mol. The lowest BCUT2D eigenvalue weighted by molar-refractivity contribution is -0.146. The molecule has 0 heterocycles. The van der Waals surface area contributed by atoms with Gasteiger partial charge in [-0.2, -0.15) is 0 Å². The molecular weight excluding hydrogens is 322 g/mol. The highest BCUT2D eigenvalue weighted by Gasteiger charge is 2.34. The average Bonchev–Trinajstić information content (AvgIpc) is 3.47. The second kappa shape index (κ2) is 8.74. The van der Waals surface area contributed by atoms with E-state index in [2.05, 4.69) is 0 Å². The van der Waals surface area contributed by atoms with Gasteiger partial charge in [0, 0.05) is 19.0 Å². The maximum atomic E-state index is 12.6. The fourth-order valence-electron chi connectivity index (χ4n) is 2.84. The number of ether oxygens (including phenoxy) is 3. The smallest absolute Gasteiger partial charge is 0.310 e. The van der Waals surface area contributed by atoms with E-state index >= 15 is 0 Å². The minimum Gasteiger partial charge on any atom is -0.493 e. The maximum absolute atomic E-state index is 12.6. The number of esters is 1. The van der Waals surface area contributed by atoms with Crippen LogP contribution in [-0.4, -0.2) is 50.7 Å². The normalized spacial score (nSPS) is 14.6. The Hall–Kier alpha value is -2.24. The average molecular weight is 349 g/mol. The summed E-state index contributed by atoms with van der Waals surface area (Å²) >= 11 is 0. The molecule has 25 heavy (non-hydrogen) atoms. The van der Waals surface area contributed by atoms with Crippen molar-refractivity contribution in [3.8, 4) is 11.5 Å². The molecule has 1 fully saturated rings. The van der Waals surface area contributed by atoms with E-state index in [1.54, 1.807) is 21.1 Å². The number of benzene rings is 1. The van der Waals surface area contributed by atoms with Crippen molar-refractivity contribution in [1.29, 1.82) is 0 Å². The number of nitrogens with zero attached hydrogens (tertiary/aromatic N) is 1. The molecule has 1 aromatic carbocycles. The molecule has 0 bridgehead atoms. The lowest BCUT2D eigenvalue weighted by Crippen LogP contribution is -2.39. The fraction of sp³-hybridized carbons (Fsp3) is 0.579. The molecule has 6 heteroatoms. The molecule has 1 unspecified atom stereocenters. The molecule has 6 nitrogen and oxygen atoms in total. The number of amides is 1. The van der Waals surface area contributed by atoms with Crippen LogP contribution in [0.5, 0.6) is 11.5 Å². The second-order valence-electron chi connectivity index (χ2n) is 6.39. The van der Waals surface area contributed by atoms with Gasteiger partial charge in [0.25, 0.3) is 0 Å². The Kier molecular flexibility index (Phi) is 6.67. The predicted molar refractivity (Wildman–Crippen MR) is 93.8 cm³/mol. The quantitative estimate of drug-likeness (QED) is 0.641. The lowest BCUT2D eigenvalue weighted by Gasteiger charge is -2.25. The van der Waals surface area contributed by atoms with Gasteiger partial charge < -0.3 is 19.1 Å². The van der Waals surface area contributed by atoms with Crippen molar-refractivity contribution in [2.24, 2.45) is 5.92 Å². The SMILES string of the molecule is COC(=O)C(C)CN(C(=O)CCc1ccc(OC)c(OC)c1)C1CC1. The van der Waals surface area contributed by atoms with Crippen LogP contribution in [0, 0.1) is 5.92 Å². The minimum atomic E-state index is -0.310. The van der Waals surface area contributed by atoms with Crippen molar-refractivity contribution >= 4 is 11.9 Å². The summed E-state index contributed by atoms with van der Waals surface area (Å²) in [6.07, 6.45) is 3.04. The molecule has 2 rings (SSSR count). The Morgan fingerprint density at radius 1 is 1.16 bits per heavy atom. The molecule has 1 aliphatic rings. The van der Waals surface area contributed by atoms with Gasteiger partial charge in [-0.3, -0.25) is 9.59 Å². The van der Waals surface area contributed by atoms with E-state index in [9.17, 15) is 9.59 Å². The van der Waals surface area contributed by atoms with Crippen molar-refractivity contribution in [3.05, 3.63) is 23.8 Å². The van der Waals surface area contributed by atoms with Crippen LogP contribution in [0.4, 0.5) is 0 Å². The molecule has 0 radical (unpaired) electrons. The Morgan fingerprint density at radius 2 is 1.84 bits per heavy atom. The zero-order valence-electron chi connectivity index (χ0n) is 15.4. The van der Waals surface area contributed by atoms with Gasteiger partial charge in [-0.1, -0.05) is 13.0 Å². The minimum absolute atomic E-state index is 0.0769. The molecule has 1 atom stereocenters. The molecular formula is C19H27NO5. The Balaban J connectivity index is 1.96. The first-order valence-corrected chi connectivity index (χ1v) is 8.58. The molecule has 1 aromatic rings. The summed E-state index contributed by atoms with van der Waals surface area (Å²) in [5, 5.41) is 0. The number of carbonyl (C=O) groups is 2. The van der Waals surface area contributed by atoms with E-state index < -0.39 is 0 Å². The first-order chi connectivity index (χ1) is 12.0. The van der Waals surface area contributed by atoms with Crippen molar-refractivity contribution in [1.82, 2.24) is 4.90 Å². The number of rotatable bonds is 9. The number of aryl methyl sites for hydroxylation is 1. The first kappa shape index (κ1) is 19.1. The summed E-state index contributed by atoms with van der Waals surface area (Å²) in [4.78, 5) is 26.1. The molecule has 0 spiro atoms. The Bertz CT molecular complexity index is 612. The number of carbonyl (C=O) groups excluding carboxylic acids is 2.